The molecular weight excluding hydrogens is 297 g/mol. The molecule has 5 heteroatoms. The van der Waals surface area contributed by atoms with Crippen molar-refractivity contribution in [3.05, 3.63) is 0 Å². The number of alkyl halides is 2. The van der Waals surface area contributed by atoms with E-state index in [1.54, 1.807) is 0 Å². The lowest BCUT2D eigenvalue weighted by molar-refractivity contribution is -0.145. The van der Waals surface area contributed by atoms with E-state index in [1.807, 2.05) is 0 Å². The second kappa shape index (κ2) is 12.5. The van der Waals surface area contributed by atoms with Crippen molar-refractivity contribution < 1.29 is 9.59 Å². The Morgan fingerprint density at radius 2 is 1.35 bits per heavy atom. The number of halogens is 2. The second-order valence-electron chi connectivity index (χ2n) is 5.41. The van der Waals surface area contributed by atoms with Crippen LogP contribution in [0.4, 0.5) is 0 Å². The summed E-state index contributed by atoms with van der Waals surface area (Å²) < 4.78 is 0. The molecule has 0 bridgehead atoms. The minimum Gasteiger partial charge on any atom is -0.283 e. The number of hydrogen-bond donors (Lipinski definition) is 0. The van der Waals surface area contributed by atoms with Gasteiger partial charge in [-0.2, -0.15) is 0 Å². The first-order chi connectivity index (χ1) is 9.52. The maximum absolute atomic E-state index is 12.1. The quantitative estimate of drug-likeness (QED) is 0.422. The van der Waals surface area contributed by atoms with Gasteiger partial charge in [0.05, 0.1) is 0 Å². The average Bonchev–Trinajstić information content (AvgIpc) is 2.39. The molecule has 0 aliphatic heterocycles. The third-order valence-electron chi connectivity index (χ3n) is 3.08. The maximum atomic E-state index is 12.1. The monoisotopic (exact) mass is 323 g/mol. The van der Waals surface area contributed by atoms with Crippen LogP contribution in [-0.4, -0.2) is 35.0 Å². The van der Waals surface area contributed by atoms with E-state index in [-0.39, 0.29) is 11.8 Å². The normalized spacial score (nSPS) is 10.8. The zero-order chi connectivity index (χ0) is 15.4. The van der Waals surface area contributed by atoms with Crippen LogP contribution in [0.3, 0.4) is 0 Å². The number of carbonyl (C=O) groups excluding carboxylic acids is 2. The van der Waals surface area contributed by atoms with Gasteiger partial charge in [0.25, 0.3) is 0 Å². The fraction of sp³-hybridized carbons (Fsp3) is 0.867. The summed E-state index contributed by atoms with van der Waals surface area (Å²) in [5.41, 5.74) is 0. The van der Waals surface area contributed by atoms with E-state index in [0.29, 0.717) is 37.1 Å². The van der Waals surface area contributed by atoms with Crippen LogP contribution in [0.1, 0.15) is 58.8 Å². The molecule has 0 unspecified atom stereocenters. The topological polar surface area (TPSA) is 37.4 Å². The molecule has 0 aliphatic rings. The number of carbonyl (C=O) groups is 2. The van der Waals surface area contributed by atoms with Crippen LogP contribution >= 0.6 is 23.2 Å². The Hall–Kier alpha value is -0.280. The van der Waals surface area contributed by atoms with Crippen molar-refractivity contribution in [1.82, 2.24) is 4.90 Å². The van der Waals surface area contributed by atoms with Gasteiger partial charge in [0.1, 0.15) is 0 Å². The van der Waals surface area contributed by atoms with Crippen molar-refractivity contribution in [3.63, 3.8) is 0 Å². The molecule has 2 amide bonds. The summed E-state index contributed by atoms with van der Waals surface area (Å²) >= 11 is 11.2. The van der Waals surface area contributed by atoms with Crippen molar-refractivity contribution in [1.29, 1.82) is 0 Å². The number of unbranched alkanes of at least 4 members (excludes halogenated alkanes) is 2. The third-order valence-corrected chi connectivity index (χ3v) is 3.62. The Morgan fingerprint density at radius 3 is 1.70 bits per heavy atom. The molecule has 0 atom stereocenters. The van der Waals surface area contributed by atoms with E-state index >= 15 is 0 Å². The largest absolute Gasteiger partial charge is 0.283 e. The Labute approximate surface area is 133 Å². The van der Waals surface area contributed by atoms with Crippen LogP contribution in [0.5, 0.6) is 0 Å². The van der Waals surface area contributed by atoms with Crippen LogP contribution in [0.2, 0.25) is 0 Å². The minimum absolute atomic E-state index is 0.0633. The highest BCUT2D eigenvalue weighted by Crippen LogP contribution is 2.10. The molecule has 0 heterocycles. The summed E-state index contributed by atoms with van der Waals surface area (Å²) in [6.07, 6.45) is 4.78. The molecule has 3 nitrogen and oxygen atoms in total. The molecule has 0 rings (SSSR count). The van der Waals surface area contributed by atoms with Gasteiger partial charge >= 0.3 is 0 Å². The van der Waals surface area contributed by atoms with Gasteiger partial charge in [0, 0.05) is 31.1 Å². The van der Waals surface area contributed by atoms with Crippen LogP contribution in [-0.2, 0) is 9.59 Å². The molecule has 20 heavy (non-hydrogen) atoms. The van der Waals surface area contributed by atoms with Crippen LogP contribution in [0.25, 0.3) is 0 Å². The number of nitrogens with zero attached hydrogens (tertiary/aromatic N) is 1. The standard InChI is InChI=1S/C15H27Cl2NO2/c1-13(2)9-12-18(14(19)7-3-5-10-16)15(20)8-4-6-11-17/h13H,3-12H2,1-2H3. The van der Waals surface area contributed by atoms with E-state index in [1.165, 1.54) is 4.90 Å². The van der Waals surface area contributed by atoms with Crippen molar-refractivity contribution in [2.24, 2.45) is 5.92 Å². The lowest BCUT2D eigenvalue weighted by Gasteiger charge is -2.22. The number of hydrogen-bond acceptors (Lipinski definition) is 2. The molecule has 0 spiro atoms. The molecular formula is C15H27Cl2NO2. The third kappa shape index (κ3) is 9.60. The molecule has 118 valence electrons. The molecule has 0 aromatic heterocycles. The highest BCUT2D eigenvalue weighted by molar-refractivity contribution is 6.18. The lowest BCUT2D eigenvalue weighted by atomic mass is 10.1. The first-order valence-corrected chi connectivity index (χ1v) is 8.55. The van der Waals surface area contributed by atoms with E-state index < -0.39 is 0 Å². The molecule has 0 saturated carbocycles. The predicted octanol–water partition coefficient (Wildman–Crippen LogP) is 4.21. The average molecular weight is 324 g/mol. The summed E-state index contributed by atoms with van der Waals surface area (Å²) in [5, 5.41) is 0. The maximum Gasteiger partial charge on any atom is 0.229 e. The van der Waals surface area contributed by atoms with Gasteiger partial charge < -0.3 is 0 Å². The van der Waals surface area contributed by atoms with Gasteiger partial charge in [0.15, 0.2) is 0 Å². The molecule has 0 fully saturated rings. The number of rotatable bonds is 11. The SMILES string of the molecule is CC(C)CCN(C(=O)CCCCCl)C(=O)CCCCCl. The van der Waals surface area contributed by atoms with Gasteiger partial charge in [-0.3, -0.25) is 14.5 Å². The van der Waals surface area contributed by atoms with Crippen molar-refractivity contribution in [2.75, 3.05) is 18.3 Å². The predicted molar refractivity (Wildman–Crippen MR) is 85.3 cm³/mol. The van der Waals surface area contributed by atoms with Crippen molar-refractivity contribution >= 4 is 35.0 Å². The Bertz CT molecular complexity index is 261. The van der Waals surface area contributed by atoms with Gasteiger partial charge in [-0.25, -0.2) is 0 Å². The van der Waals surface area contributed by atoms with Gasteiger partial charge in [-0.15, -0.1) is 23.2 Å². The van der Waals surface area contributed by atoms with Crippen LogP contribution in [0, 0.1) is 5.92 Å². The zero-order valence-electron chi connectivity index (χ0n) is 12.7. The Balaban J connectivity index is 4.37. The number of amides is 2. The summed E-state index contributed by atoms with van der Waals surface area (Å²) in [5.74, 6) is 1.47. The van der Waals surface area contributed by atoms with Crippen LogP contribution in [0.15, 0.2) is 0 Å². The molecule has 0 aromatic rings. The van der Waals surface area contributed by atoms with E-state index in [9.17, 15) is 9.59 Å². The molecule has 0 radical (unpaired) electrons. The molecule has 0 aromatic carbocycles. The molecule has 0 aliphatic carbocycles. The number of imide groups is 1. The molecule has 0 N–H and O–H groups in total. The minimum atomic E-state index is -0.0633. The Kier molecular flexibility index (Phi) is 12.3. The van der Waals surface area contributed by atoms with E-state index in [0.717, 1.165) is 32.1 Å². The fourth-order valence-corrected chi connectivity index (χ4v) is 2.17. The summed E-state index contributed by atoms with van der Waals surface area (Å²) in [7, 11) is 0. The molecule has 0 saturated heterocycles. The van der Waals surface area contributed by atoms with Crippen molar-refractivity contribution in [2.45, 2.75) is 58.8 Å². The highest BCUT2D eigenvalue weighted by atomic mass is 35.5. The highest BCUT2D eigenvalue weighted by Gasteiger charge is 2.20. The zero-order valence-corrected chi connectivity index (χ0v) is 14.2. The second-order valence-corrected chi connectivity index (χ2v) is 6.17. The van der Waals surface area contributed by atoms with E-state index in [4.69, 9.17) is 23.2 Å². The summed E-state index contributed by atoms with van der Waals surface area (Å²) in [6.45, 7) is 4.71. The van der Waals surface area contributed by atoms with E-state index in [2.05, 4.69) is 13.8 Å². The summed E-state index contributed by atoms with van der Waals surface area (Å²) in [6, 6.07) is 0. The first-order valence-electron chi connectivity index (χ1n) is 7.48. The lowest BCUT2D eigenvalue weighted by Crippen LogP contribution is -2.38. The van der Waals surface area contributed by atoms with Crippen LogP contribution < -0.4 is 0 Å². The Morgan fingerprint density at radius 1 is 0.900 bits per heavy atom. The fourth-order valence-electron chi connectivity index (χ4n) is 1.79. The first kappa shape index (κ1) is 19.7. The van der Waals surface area contributed by atoms with Crippen molar-refractivity contribution in [3.8, 4) is 0 Å². The summed E-state index contributed by atoms with van der Waals surface area (Å²) in [4.78, 5) is 25.7. The van der Waals surface area contributed by atoms with Gasteiger partial charge in [-0.1, -0.05) is 13.8 Å². The van der Waals surface area contributed by atoms with Gasteiger partial charge in [0.2, 0.25) is 11.8 Å². The van der Waals surface area contributed by atoms with Gasteiger partial charge in [-0.05, 0) is 38.0 Å². The smallest absolute Gasteiger partial charge is 0.229 e.